The van der Waals surface area contributed by atoms with E-state index in [1.807, 2.05) is 47.6 Å². The van der Waals surface area contributed by atoms with Crippen LogP contribution in [-0.4, -0.2) is 78.5 Å². The molecule has 0 aromatic heterocycles. The average molecular weight is 663 g/mol. The lowest BCUT2D eigenvalue weighted by atomic mass is 9.76. The topological polar surface area (TPSA) is 138 Å². The molecule has 0 aromatic carbocycles. The van der Waals surface area contributed by atoms with Crippen LogP contribution in [0.15, 0.2) is 47.3 Å². The van der Waals surface area contributed by atoms with Crippen molar-refractivity contribution in [2.75, 3.05) is 14.2 Å². The van der Waals surface area contributed by atoms with Gasteiger partial charge in [0, 0.05) is 50.0 Å². The first-order chi connectivity index (χ1) is 21.9. The monoisotopic (exact) mass is 662 g/mol. The fourth-order valence-electron chi connectivity index (χ4n) is 6.73. The Bertz CT molecular complexity index is 1220. The Morgan fingerprint density at radius 2 is 1.70 bits per heavy atom. The Morgan fingerprint density at radius 1 is 1.06 bits per heavy atom. The average Bonchev–Trinajstić information content (AvgIpc) is 3.00. The molecule has 0 unspecified atom stereocenters. The van der Waals surface area contributed by atoms with Crippen molar-refractivity contribution in [3.05, 3.63) is 47.3 Å². The van der Waals surface area contributed by atoms with Gasteiger partial charge in [0.15, 0.2) is 5.79 Å². The maximum absolute atomic E-state index is 13.6. The van der Waals surface area contributed by atoms with Gasteiger partial charge in [-0.2, -0.15) is 0 Å². The molecule has 0 radical (unpaired) electrons. The molecule has 0 saturated carbocycles. The maximum atomic E-state index is 13.6. The van der Waals surface area contributed by atoms with Crippen LogP contribution in [0.4, 0.5) is 0 Å². The van der Waals surface area contributed by atoms with E-state index in [0.717, 1.165) is 5.57 Å². The molecule has 0 amide bonds. The zero-order valence-electron chi connectivity index (χ0n) is 30.3. The second-order valence-electron chi connectivity index (χ2n) is 13.9. The summed E-state index contributed by atoms with van der Waals surface area (Å²) in [5, 5.41) is 23.7. The number of aliphatic hydroxyl groups is 2. The number of ether oxygens (including phenoxy) is 5. The summed E-state index contributed by atoms with van der Waals surface area (Å²) >= 11 is 0. The van der Waals surface area contributed by atoms with Gasteiger partial charge in [0.1, 0.15) is 24.1 Å². The van der Waals surface area contributed by atoms with Crippen LogP contribution in [0, 0.1) is 35.5 Å². The van der Waals surface area contributed by atoms with Gasteiger partial charge in [-0.05, 0) is 32.3 Å². The molecule has 11 atom stereocenters. The molecule has 266 valence electrons. The zero-order chi connectivity index (χ0) is 35.8. The summed E-state index contributed by atoms with van der Waals surface area (Å²) in [5.74, 6) is -5.54. The van der Waals surface area contributed by atoms with Gasteiger partial charge in [0.05, 0.1) is 19.3 Å². The fraction of sp³-hybridized carbons (Fsp3) is 0.703. The predicted octanol–water partition coefficient (Wildman–Crippen LogP) is 5.47. The normalized spacial score (nSPS) is 37.6. The van der Waals surface area contributed by atoms with Crippen molar-refractivity contribution in [2.24, 2.45) is 35.5 Å². The summed E-state index contributed by atoms with van der Waals surface area (Å²) in [7, 11) is 2.83. The van der Waals surface area contributed by atoms with Gasteiger partial charge in [0.25, 0.3) is 0 Å². The number of hydrogen-bond acceptors (Lipinski definition) is 10. The Balaban J connectivity index is 2.56. The molecular formula is C37H58O10. The molecule has 0 aliphatic carbocycles. The molecule has 2 heterocycles. The maximum Gasteiger partial charge on any atom is 0.373 e. The van der Waals surface area contributed by atoms with E-state index in [2.05, 4.69) is 0 Å². The van der Waals surface area contributed by atoms with Crippen molar-refractivity contribution >= 4 is 17.7 Å². The minimum atomic E-state index is -1.85. The number of hydrogen-bond donors (Lipinski definition) is 2. The van der Waals surface area contributed by atoms with Crippen LogP contribution in [0.3, 0.4) is 0 Å². The molecule has 0 aromatic rings. The molecule has 2 N–H and O–H groups in total. The predicted molar refractivity (Wildman–Crippen MR) is 179 cm³/mol. The molecule has 10 nitrogen and oxygen atoms in total. The van der Waals surface area contributed by atoms with Gasteiger partial charge in [-0.3, -0.25) is 9.59 Å². The summed E-state index contributed by atoms with van der Waals surface area (Å²) in [6.45, 7) is 18.0. The Hall–Kier alpha value is -2.79. The van der Waals surface area contributed by atoms with Gasteiger partial charge in [0.2, 0.25) is 5.76 Å². The highest BCUT2D eigenvalue weighted by Crippen LogP contribution is 2.42. The van der Waals surface area contributed by atoms with E-state index in [4.69, 9.17) is 23.7 Å². The molecule has 0 spiro atoms. The molecule has 2 aliphatic heterocycles. The number of allylic oxidation sites excluding steroid dienone is 6. The van der Waals surface area contributed by atoms with Gasteiger partial charge in [-0.15, -0.1) is 0 Å². The lowest BCUT2D eigenvalue weighted by molar-refractivity contribution is -0.329. The number of Topliss-reactive ketones (excluding diaryl/α,β-unsaturated/α-hetero) is 1. The van der Waals surface area contributed by atoms with Crippen molar-refractivity contribution < 1.29 is 48.3 Å². The zero-order valence-corrected chi connectivity index (χ0v) is 30.3. The third-order valence-corrected chi connectivity index (χ3v) is 9.57. The van der Waals surface area contributed by atoms with Crippen molar-refractivity contribution in [1.29, 1.82) is 0 Å². The van der Waals surface area contributed by atoms with Crippen LogP contribution in [0.5, 0.6) is 0 Å². The first-order valence-corrected chi connectivity index (χ1v) is 16.7. The highest BCUT2D eigenvalue weighted by Gasteiger charge is 2.53. The summed E-state index contributed by atoms with van der Waals surface area (Å²) in [6.07, 6.45) is 5.10. The van der Waals surface area contributed by atoms with Crippen LogP contribution in [0.2, 0.25) is 0 Å². The van der Waals surface area contributed by atoms with Crippen LogP contribution in [0.1, 0.15) is 82.1 Å². The van der Waals surface area contributed by atoms with Gasteiger partial charge < -0.3 is 33.9 Å². The van der Waals surface area contributed by atoms with E-state index in [-0.39, 0.29) is 41.6 Å². The number of rotatable bonds is 8. The van der Waals surface area contributed by atoms with Crippen molar-refractivity contribution in [1.82, 2.24) is 0 Å². The Labute approximate surface area is 281 Å². The highest BCUT2D eigenvalue weighted by molar-refractivity contribution is 5.87. The van der Waals surface area contributed by atoms with E-state index in [0.29, 0.717) is 12.0 Å². The second kappa shape index (κ2) is 17.6. The highest BCUT2D eigenvalue weighted by atomic mass is 16.6. The molecular weight excluding hydrogens is 604 g/mol. The standard InChI is InChI=1S/C37H58O10/c1-20(2)34-25(7)31(45-28(10)38)19-37(42,47-34)27(9)33(40)26(8)35-29(43-11)15-13-14-21(3)16-23(5)32(39)24(6)17-22(4)18-30(44-12)36(41)46-35/h13-15,17-18,20,23-27,29,31,33-35,40,42H,16,19H2,1-12H3/b15-13+,21-14+,22-17+,30-18-/t23-,24+,25-,26-,27-,29-,31+,33+,34+,35+,37+/m0/s1. The van der Waals surface area contributed by atoms with E-state index in [1.165, 1.54) is 27.2 Å². The van der Waals surface area contributed by atoms with Crippen molar-refractivity contribution in [3.63, 3.8) is 0 Å². The smallest absolute Gasteiger partial charge is 0.373 e. The van der Waals surface area contributed by atoms with E-state index >= 15 is 0 Å². The summed E-state index contributed by atoms with van der Waals surface area (Å²) in [5.41, 5.74) is 1.64. The molecule has 0 bridgehead atoms. The first kappa shape index (κ1) is 40.4. The number of aliphatic hydroxyl groups excluding tert-OH is 1. The molecule has 2 rings (SSSR count). The molecule has 1 fully saturated rings. The molecule has 1 saturated heterocycles. The molecule has 2 aliphatic rings. The summed E-state index contributed by atoms with van der Waals surface area (Å²) in [4.78, 5) is 38.5. The van der Waals surface area contributed by atoms with Crippen molar-refractivity contribution in [2.45, 2.75) is 118 Å². The van der Waals surface area contributed by atoms with E-state index in [9.17, 15) is 24.6 Å². The first-order valence-electron chi connectivity index (χ1n) is 16.7. The number of carbonyl (C=O) groups is 3. The van der Waals surface area contributed by atoms with E-state index < -0.39 is 60.1 Å². The summed E-state index contributed by atoms with van der Waals surface area (Å²) < 4.78 is 29.1. The lowest BCUT2D eigenvalue weighted by Crippen LogP contribution is -2.59. The SMILES string of the molecule is CO/C1=C\C(C)=C\[C@@H](C)C(=O)[C@@H](C)C/C(C)=C/C=C/[C@H](OC)[C@@H]([C@@H](C)[C@@H](O)[C@H](C)[C@@]2(O)C[C@@H](OC(C)=O)[C@H](C)[C@@H](C(C)C)O2)OC1=O. The third-order valence-electron chi connectivity index (χ3n) is 9.57. The largest absolute Gasteiger partial charge is 0.490 e. The van der Waals surface area contributed by atoms with Crippen LogP contribution >= 0.6 is 0 Å². The quantitative estimate of drug-likeness (QED) is 0.322. The number of methoxy groups -OCH3 is 2. The number of esters is 2. The molecule has 47 heavy (non-hydrogen) atoms. The third kappa shape index (κ3) is 10.6. The minimum Gasteiger partial charge on any atom is -0.490 e. The summed E-state index contributed by atoms with van der Waals surface area (Å²) in [6, 6.07) is 0. The van der Waals surface area contributed by atoms with Crippen molar-refractivity contribution in [3.8, 4) is 0 Å². The number of carbonyl (C=O) groups excluding carboxylic acids is 3. The van der Waals surface area contributed by atoms with E-state index in [1.54, 1.807) is 39.0 Å². The number of cyclic esters (lactones) is 1. The van der Waals surface area contributed by atoms with Crippen LogP contribution in [-0.2, 0) is 38.1 Å². The fourth-order valence-corrected chi connectivity index (χ4v) is 6.73. The number of ketones is 1. The van der Waals surface area contributed by atoms with Gasteiger partial charge in [-0.25, -0.2) is 4.79 Å². The van der Waals surface area contributed by atoms with Crippen LogP contribution in [0.25, 0.3) is 0 Å². The Kier molecular flexibility index (Phi) is 15.1. The lowest BCUT2D eigenvalue weighted by Gasteiger charge is -2.50. The van der Waals surface area contributed by atoms with Gasteiger partial charge in [-0.1, -0.05) is 83.9 Å². The second-order valence-corrected chi connectivity index (χ2v) is 13.9. The van der Waals surface area contributed by atoms with Gasteiger partial charge >= 0.3 is 11.9 Å². The Morgan fingerprint density at radius 3 is 2.26 bits per heavy atom. The minimum absolute atomic E-state index is 0.00827. The van der Waals surface area contributed by atoms with Crippen LogP contribution < -0.4 is 0 Å². The molecule has 10 heteroatoms.